The summed E-state index contributed by atoms with van der Waals surface area (Å²) in [5.74, 6) is -0.0979. The Hall–Kier alpha value is -4.07. The third-order valence-electron chi connectivity index (χ3n) is 5.65. The van der Waals surface area contributed by atoms with Crippen molar-refractivity contribution in [1.29, 1.82) is 0 Å². The van der Waals surface area contributed by atoms with Crippen molar-refractivity contribution >= 4 is 22.7 Å². The first-order chi connectivity index (χ1) is 15.5. The summed E-state index contributed by atoms with van der Waals surface area (Å²) in [6.45, 7) is 2.58. The molecule has 0 bridgehead atoms. The quantitative estimate of drug-likeness (QED) is 0.541. The average Bonchev–Trinajstić information content (AvgIpc) is 3.15. The summed E-state index contributed by atoms with van der Waals surface area (Å²) in [5.41, 5.74) is 3.37. The molecule has 1 N–H and O–H groups in total. The fourth-order valence-electron chi connectivity index (χ4n) is 3.92. The van der Waals surface area contributed by atoms with Crippen LogP contribution in [0.2, 0.25) is 0 Å². The molecule has 1 saturated heterocycles. The lowest BCUT2D eigenvalue weighted by molar-refractivity contribution is -0.123. The second-order valence-corrected chi connectivity index (χ2v) is 7.74. The van der Waals surface area contributed by atoms with Gasteiger partial charge in [-0.05, 0) is 30.7 Å². The summed E-state index contributed by atoms with van der Waals surface area (Å²) >= 11 is 0. The molecule has 0 radical (unpaired) electrons. The van der Waals surface area contributed by atoms with Crippen LogP contribution in [-0.4, -0.2) is 44.5 Å². The van der Waals surface area contributed by atoms with Crippen molar-refractivity contribution in [3.05, 3.63) is 78.0 Å². The molecule has 8 heteroatoms. The Morgan fingerprint density at radius 3 is 2.62 bits per heavy atom. The van der Waals surface area contributed by atoms with E-state index < -0.39 is 0 Å². The van der Waals surface area contributed by atoms with E-state index in [1.54, 1.807) is 41.6 Å². The summed E-state index contributed by atoms with van der Waals surface area (Å²) in [6.07, 6.45) is 5.39. The van der Waals surface area contributed by atoms with E-state index in [1.807, 2.05) is 29.8 Å². The Bertz CT molecular complexity index is 1340. The van der Waals surface area contributed by atoms with Gasteiger partial charge < -0.3 is 10.2 Å². The number of rotatable bonds is 3. The zero-order valence-electron chi connectivity index (χ0n) is 17.4. The van der Waals surface area contributed by atoms with E-state index in [2.05, 4.69) is 15.3 Å². The largest absolute Gasteiger partial charge is 0.338 e. The molecular formula is C24H20FN5O2. The third-order valence-corrected chi connectivity index (χ3v) is 5.65. The number of aryl methyl sites for hydroxylation is 1. The second kappa shape index (κ2) is 7.88. The van der Waals surface area contributed by atoms with Crippen LogP contribution >= 0.6 is 0 Å². The summed E-state index contributed by atoms with van der Waals surface area (Å²) in [4.78, 5) is 34.8. The standard InChI is InChI=1S/C24H20FN5O2/c1-15-13-30(24-26-11-17(12-27-24)19-4-2-3-5-20(19)25)21-10-16(6-7-18(15)21)23(32)29-9-8-22(31)28-14-29/h2-7,10-13H,8-9,14H2,1H3,(H,28,31). The van der Waals surface area contributed by atoms with Crippen molar-refractivity contribution in [2.75, 3.05) is 13.2 Å². The molecule has 32 heavy (non-hydrogen) atoms. The van der Waals surface area contributed by atoms with Gasteiger partial charge in [0.2, 0.25) is 11.9 Å². The molecule has 3 heterocycles. The van der Waals surface area contributed by atoms with Gasteiger partial charge in [0, 0.05) is 53.6 Å². The van der Waals surface area contributed by atoms with Crippen molar-refractivity contribution in [2.45, 2.75) is 13.3 Å². The van der Waals surface area contributed by atoms with E-state index in [-0.39, 0.29) is 24.3 Å². The van der Waals surface area contributed by atoms with E-state index in [1.165, 1.54) is 6.07 Å². The van der Waals surface area contributed by atoms with Crippen LogP contribution < -0.4 is 5.32 Å². The van der Waals surface area contributed by atoms with Gasteiger partial charge in [-0.15, -0.1) is 0 Å². The minimum absolute atomic E-state index is 0.0509. The lowest BCUT2D eigenvalue weighted by atomic mass is 10.1. The highest BCUT2D eigenvalue weighted by molar-refractivity contribution is 5.99. The number of nitrogens with one attached hydrogen (secondary N) is 1. The van der Waals surface area contributed by atoms with Crippen molar-refractivity contribution in [3.8, 4) is 17.1 Å². The van der Waals surface area contributed by atoms with Crippen LogP contribution in [0, 0.1) is 12.7 Å². The zero-order chi connectivity index (χ0) is 22.2. The van der Waals surface area contributed by atoms with Crippen molar-refractivity contribution in [1.82, 2.24) is 24.8 Å². The highest BCUT2D eigenvalue weighted by Crippen LogP contribution is 2.26. The van der Waals surface area contributed by atoms with Gasteiger partial charge in [-0.1, -0.05) is 24.3 Å². The molecular weight excluding hydrogens is 409 g/mol. The number of carbonyl (C=O) groups is 2. The summed E-state index contributed by atoms with van der Waals surface area (Å²) in [6, 6.07) is 12.0. The molecule has 7 nitrogen and oxygen atoms in total. The van der Waals surface area contributed by atoms with Gasteiger partial charge >= 0.3 is 0 Å². The van der Waals surface area contributed by atoms with Gasteiger partial charge in [0.25, 0.3) is 5.91 Å². The molecule has 0 aliphatic carbocycles. The fourth-order valence-corrected chi connectivity index (χ4v) is 3.92. The molecule has 0 saturated carbocycles. The molecule has 4 aromatic rings. The molecule has 1 fully saturated rings. The zero-order valence-corrected chi connectivity index (χ0v) is 17.4. The smallest absolute Gasteiger partial charge is 0.255 e. The highest BCUT2D eigenvalue weighted by atomic mass is 19.1. The number of hydrogen-bond donors (Lipinski definition) is 1. The number of nitrogens with zero attached hydrogens (tertiary/aromatic N) is 4. The van der Waals surface area contributed by atoms with Gasteiger partial charge in [-0.3, -0.25) is 14.2 Å². The number of carbonyl (C=O) groups excluding carboxylic acids is 2. The number of hydrogen-bond acceptors (Lipinski definition) is 4. The maximum Gasteiger partial charge on any atom is 0.255 e. The lowest BCUT2D eigenvalue weighted by Crippen LogP contribution is -2.47. The predicted molar refractivity (Wildman–Crippen MR) is 118 cm³/mol. The molecule has 1 aliphatic rings. The van der Waals surface area contributed by atoms with Gasteiger partial charge in [-0.25, -0.2) is 14.4 Å². The number of fused-ring (bicyclic) bond motifs is 1. The van der Waals surface area contributed by atoms with E-state index in [9.17, 15) is 14.0 Å². The van der Waals surface area contributed by atoms with Crippen molar-refractivity contribution < 1.29 is 14.0 Å². The van der Waals surface area contributed by atoms with Crippen LogP contribution in [-0.2, 0) is 4.79 Å². The number of halogens is 1. The van der Waals surface area contributed by atoms with Crippen LogP contribution in [0.25, 0.3) is 28.0 Å². The van der Waals surface area contributed by atoms with Crippen LogP contribution in [0.1, 0.15) is 22.3 Å². The topological polar surface area (TPSA) is 80.1 Å². The van der Waals surface area contributed by atoms with E-state index >= 15 is 0 Å². The first-order valence-corrected chi connectivity index (χ1v) is 10.3. The molecule has 2 aromatic carbocycles. The highest BCUT2D eigenvalue weighted by Gasteiger charge is 2.22. The van der Waals surface area contributed by atoms with E-state index in [4.69, 9.17) is 0 Å². The molecule has 5 rings (SSSR count). The first-order valence-electron chi connectivity index (χ1n) is 10.3. The summed E-state index contributed by atoms with van der Waals surface area (Å²) < 4.78 is 15.9. The second-order valence-electron chi connectivity index (χ2n) is 7.74. The van der Waals surface area contributed by atoms with Gasteiger partial charge in [0.15, 0.2) is 0 Å². The SMILES string of the molecule is Cc1cn(-c2ncc(-c3ccccc3F)cn2)c2cc(C(=O)N3CCC(=O)NC3)ccc12. The molecule has 0 spiro atoms. The molecule has 0 unspecified atom stereocenters. The Morgan fingerprint density at radius 1 is 1.12 bits per heavy atom. The van der Waals surface area contributed by atoms with Crippen LogP contribution in [0.3, 0.4) is 0 Å². The van der Waals surface area contributed by atoms with Crippen LogP contribution in [0.15, 0.2) is 61.1 Å². The first kappa shape index (κ1) is 19.9. The Morgan fingerprint density at radius 2 is 1.91 bits per heavy atom. The maximum atomic E-state index is 14.1. The average molecular weight is 429 g/mol. The number of aromatic nitrogens is 3. The number of amides is 2. The molecule has 1 aliphatic heterocycles. The number of benzene rings is 2. The normalized spacial score (nSPS) is 13.9. The minimum atomic E-state index is -0.330. The molecule has 2 aromatic heterocycles. The van der Waals surface area contributed by atoms with E-state index in [0.29, 0.717) is 35.6 Å². The van der Waals surface area contributed by atoms with Crippen LogP contribution in [0.5, 0.6) is 0 Å². The van der Waals surface area contributed by atoms with Gasteiger partial charge in [-0.2, -0.15) is 0 Å². The van der Waals surface area contributed by atoms with Crippen LogP contribution in [0.4, 0.5) is 4.39 Å². The summed E-state index contributed by atoms with van der Waals surface area (Å²) in [7, 11) is 0. The Labute approximate surface area is 183 Å². The Kier molecular flexibility index (Phi) is 4.89. The van der Waals surface area contributed by atoms with Crippen molar-refractivity contribution in [3.63, 3.8) is 0 Å². The molecule has 2 amide bonds. The maximum absolute atomic E-state index is 14.1. The minimum Gasteiger partial charge on any atom is -0.338 e. The predicted octanol–water partition coefficient (Wildman–Crippen LogP) is 3.45. The van der Waals surface area contributed by atoms with Gasteiger partial charge in [0.05, 0.1) is 12.2 Å². The third kappa shape index (κ3) is 3.49. The molecule has 160 valence electrons. The molecule has 0 atom stereocenters. The lowest BCUT2D eigenvalue weighted by Gasteiger charge is -2.27. The van der Waals surface area contributed by atoms with Crippen molar-refractivity contribution in [2.24, 2.45) is 0 Å². The van der Waals surface area contributed by atoms with Gasteiger partial charge in [0.1, 0.15) is 5.82 Å². The fraction of sp³-hybridized carbons (Fsp3) is 0.167. The van der Waals surface area contributed by atoms with E-state index in [0.717, 1.165) is 16.5 Å². The summed E-state index contributed by atoms with van der Waals surface area (Å²) in [5, 5.41) is 3.68. The Balaban J connectivity index is 1.50. The monoisotopic (exact) mass is 429 g/mol.